The number of para-hydroxylation sites is 1. The molecule has 8 nitrogen and oxygen atoms in total. The Balaban J connectivity index is 2.47. The van der Waals surface area contributed by atoms with Crippen molar-refractivity contribution in [3.05, 3.63) is 28.7 Å². The van der Waals surface area contributed by atoms with Crippen LogP contribution in [-0.2, 0) is 4.84 Å². The zero-order valence-corrected chi connectivity index (χ0v) is 12.1. The lowest BCUT2D eigenvalue weighted by atomic mass is 10.1. The molecule has 0 aliphatic carbocycles. The van der Waals surface area contributed by atoms with E-state index < -0.39 is 5.91 Å². The lowest BCUT2D eigenvalue weighted by Crippen LogP contribution is -2.45. The fourth-order valence-corrected chi connectivity index (χ4v) is 2.38. The van der Waals surface area contributed by atoms with Crippen LogP contribution in [0.4, 0.5) is 11.4 Å². The summed E-state index contributed by atoms with van der Waals surface area (Å²) >= 11 is 0. The van der Waals surface area contributed by atoms with Gasteiger partial charge in [-0.1, -0.05) is 6.07 Å². The molecule has 1 aromatic rings. The molecular weight excluding hydrogens is 276 g/mol. The van der Waals surface area contributed by atoms with Gasteiger partial charge in [0, 0.05) is 32.2 Å². The number of carbonyl (C=O) groups is 1. The quantitative estimate of drug-likeness (QED) is 0.622. The van der Waals surface area contributed by atoms with E-state index in [9.17, 15) is 9.70 Å². The Morgan fingerprint density at radius 2 is 2.00 bits per heavy atom. The summed E-state index contributed by atoms with van der Waals surface area (Å²) < 4.78 is 0. The first-order valence-electron chi connectivity index (χ1n) is 6.60. The molecule has 1 aliphatic rings. The summed E-state index contributed by atoms with van der Waals surface area (Å²) in [6.07, 6.45) is 0. The Bertz CT molecular complexity index is 507. The van der Waals surface area contributed by atoms with E-state index in [0.717, 1.165) is 13.1 Å². The van der Waals surface area contributed by atoms with Gasteiger partial charge in [-0.15, -0.1) is 0 Å². The van der Waals surface area contributed by atoms with Crippen molar-refractivity contribution in [2.45, 2.75) is 0 Å². The summed E-state index contributed by atoms with van der Waals surface area (Å²) in [6.45, 7) is 2.99. The lowest BCUT2D eigenvalue weighted by Gasteiger charge is -2.34. The molecule has 0 spiro atoms. The van der Waals surface area contributed by atoms with Crippen LogP contribution in [0, 0.1) is 4.91 Å². The van der Waals surface area contributed by atoms with Crippen molar-refractivity contribution in [3.8, 4) is 0 Å². The zero-order valence-electron chi connectivity index (χ0n) is 12.1. The van der Waals surface area contributed by atoms with E-state index in [1.807, 2.05) is 11.9 Å². The summed E-state index contributed by atoms with van der Waals surface area (Å²) in [4.78, 5) is 32.9. The number of amides is 1. The predicted molar refractivity (Wildman–Crippen MR) is 75.7 cm³/mol. The molecule has 0 bridgehead atoms. The standard InChI is InChI=1S/C13H18N4O4/c1-15-6-8-16(9-7-15)12-10(13(18)14-19)4-3-5-11(12)17(20)21-2/h3-5H,6-9H2,1-2H3,(H-,14,18,19)/p+1. The largest absolute Gasteiger partial charge is 0.363 e. The van der Waals surface area contributed by atoms with E-state index in [1.54, 1.807) is 23.7 Å². The van der Waals surface area contributed by atoms with Gasteiger partial charge >= 0.3 is 5.69 Å². The van der Waals surface area contributed by atoms with Gasteiger partial charge in [-0.3, -0.25) is 10.0 Å². The predicted octanol–water partition coefficient (Wildman–Crippen LogP) is 0.529. The number of likely N-dealkylation sites (N-methyl/N-ethyl adjacent to an activating group) is 1. The molecular formula is C13H19N4O4+. The highest BCUT2D eigenvalue weighted by Gasteiger charge is 2.31. The van der Waals surface area contributed by atoms with Gasteiger partial charge in [0.1, 0.15) is 5.69 Å². The van der Waals surface area contributed by atoms with Gasteiger partial charge in [-0.25, -0.2) is 10.3 Å². The number of nitrogens with zero attached hydrogens (tertiary/aromatic N) is 3. The van der Waals surface area contributed by atoms with Gasteiger partial charge in [-0.2, -0.15) is 0 Å². The Kier molecular flexibility index (Phi) is 4.71. The molecule has 1 heterocycles. The summed E-state index contributed by atoms with van der Waals surface area (Å²) in [5, 5.41) is 8.89. The maximum absolute atomic E-state index is 11.9. The third-order valence-corrected chi connectivity index (χ3v) is 3.54. The van der Waals surface area contributed by atoms with Crippen LogP contribution < -0.4 is 10.4 Å². The zero-order chi connectivity index (χ0) is 15.4. The fraction of sp³-hybridized carbons (Fsp3) is 0.462. The fourth-order valence-electron chi connectivity index (χ4n) is 2.38. The molecule has 0 aromatic heterocycles. The number of benzene rings is 1. The van der Waals surface area contributed by atoms with E-state index in [1.165, 1.54) is 7.11 Å². The van der Waals surface area contributed by atoms with Crippen LogP contribution in [0.1, 0.15) is 10.4 Å². The molecule has 1 aliphatic heterocycles. The molecule has 114 valence electrons. The molecule has 1 amide bonds. The molecule has 2 rings (SSSR count). The SMILES string of the molecule is CO[N+](=O)c1cccc(C(=O)NO)c1N1CCN(C)CC1. The number of piperazine rings is 1. The maximum atomic E-state index is 11.9. The molecule has 1 fully saturated rings. The molecule has 0 atom stereocenters. The van der Waals surface area contributed by atoms with Gasteiger partial charge in [0.2, 0.25) is 0 Å². The van der Waals surface area contributed by atoms with Crippen molar-refractivity contribution in [1.29, 1.82) is 0 Å². The Hall–Kier alpha value is -2.19. The van der Waals surface area contributed by atoms with Crippen LogP contribution in [0.2, 0.25) is 0 Å². The first kappa shape index (κ1) is 15.2. The molecule has 0 saturated carbocycles. The summed E-state index contributed by atoms with van der Waals surface area (Å²) in [7, 11) is 3.28. The number of anilines is 1. The average molecular weight is 295 g/mol. The van der Waals surface area contributed by atoms with Crippen LogP contribution in [0.5, 0.6) is 0 Å². The first-order chi connectivity index (χ1) is 10.1. The second kappa shape index (κ2) is 6.51. The minimum absolute atomic E-state index is 0.234. The van der Waals surface area contributed by atoms with Crippen LogP contribution in [0.15, 0.2) is 18.2 Å². The van der Waals surface area contributed by atoms with Crippen molar-refractivity contribution in [3.63, 3.8) is 0 Å². The Morgan fingerprint density at radius 1 is 1.33 bits per heavy atom. The van der Waals surface area contributed by atoms with E-state index in [0.29, 0.717) is 23.7 Å². The van der Waals surface area contributed by atoms with Crippen LogP contribution in [-0.4, -0.2) is 61.3 Å². The second-order valence-electron chi connectivity index (χ2n) is 4.84. The number of carbonyl (C=O) groups excluding carboxylic acids is 1. The van der Waals surface area contributed by atoms with Crippen LogP contribution in [0.25, 0.3) is 0 Å². The number of hydrogen-bond acceptors (Lipinski definition) is 6. The third-order valence-electron chi connectivity index (χ3n) is 3.54. The van der Waals surface area contributed by atoms with E-state index in [2.05, 4.69) is 4.90 Å². The molecule has 0 radical (unpaired) electrons. The molecule has 1 aromatic carbocycles. The summed E-state index contributed by atoms with van der Waals surface area (Å²) in [5.74, 6) is -0.657. The summed E-state index contributed by atoms with van der Waals surface area (Å²) in [6, 6.07) is 4.72. The van der Waals surface area contributed by atoms with Crippen molar-refractivity contribution >= 4 is 17.3 Å². The highest BCUT2D eigenvalue weighted by Crippen LogP contribution is 2.33. The van der Waals surface area contributed by atoms with Crippen molar-refractivity contribution in [1.82, 2.24) is 10.4 Å². The van der Waals surface area contributed by atoms with Gasteiger partial charge in [0.05, 0.1) is 10.5 Å². The van der Waals surface area contributed by atoms with Crippen molar-refractivity contribution in [2.75, 3.05) is 45.2 Å². The highest BCUT2D eigenvalue weighted by atomic mass is 16.8. The highest BCUT2D eigenvalue weighted by molar-refractivity contribution is 6.01. The number of rotatable bonds is 4. The van der Waals surface area contributed by atoms with Crippen LogP contribution >= 0.6 is 0 Å². The normalized spacial score (nSPS) is 15.7. The lowest BCUT2D eigenvalue weighted by molar-refractivity contribution is -0.736. The molecule has 21 heavy (non-hydrogen) atoms. The minimum atomic E-state index is -0.657. The van der Waals surface area contributed by atoms with E-state index >= 15 is 0 Å². The Labute approximate surface area is 122 Å². The van der Waals surface area contributed by atoms with Gasteiger partial charge < -0.3 is 9.80 Å². The first-order valence-corrected chi connectivity index (χ1v) is 6.60. The Morgan fingerprint density at radius 3 is 2.57 bits per heavy atom. The minimum Gasteiger partial charge on any atom is -0.363 e. The molecule has 1 saturated heterocycles. The topological polar surface area (TPSA) is 85.1 Å². The average Bonchev–Trinajstić information content (AvgIpc) is 2.53. The monoisotopic (exact) mass is 295 g/mol. The number of hydroxylamine groups is 1. The van der Waals surface area contributed by atoms with Crippen LogP contribution in [0.3, 0.4) is 0 Å². The number of nitrogens with one attached hydrogen (secondary N) is 1. The third kappa shape index (κ3) is 3.11. The van der Waals surface area contributed by atoms with Gasteiger partial charge in [0.15, 0.2) is 7.11 Å². The molecule has 2 N–H and O–H groups in total. The molecule has 0 unspecified atom stereocenters. The van der Waals surface area contributed by atoms with E-state index in [-0.39, 0.29) is 11.3 Å². The summed E-state index contributed by atoms with van der Waals surface area (Å²) in [5.41, 5.74) is 2.56. The van der Waals surface area contributed by atoms with Crippen molar-refractivity contribution in [2.24, 2.45) is 0 Å². The molecule has 8 heteroatoms. The van der Waals surface area contributed by atoms with Gasteiger partial charge in [-0.05, 0) is 13.1 Å². The van der Waals surface area contributed by atoms with E-state index in [4.69, 9.17) is 10.0 Å². The van der Waals surface area contributed by atoms with Gasteiger partial charge in [0.25, 0.3) is 10.8 Å². The maximum Gasteiger partial charge on any atom is 0.340 e. The number of hydrogen-bond donors (Lipinski definition) is 2. The van der Waals surface area contributed by atoms with Crippen molar-refractivity contribution < 1.29 is 19.8 Å². The smallest absolute Gasteiger partial charge is 0.340 e. The second-order valence-corrected chi connectivity index (χ2v) is 4.84.